The summed E-state index contributed by atoms with van der Waals surface area (Å²) in [4.78, 5) is 0. The fourth-order valence-electron chi connectivity index (χ4n) is 2.45. The molecule has 18 heavy (non-hydrogen) atoms. The van der Waals surface area contributed by atoms with E-state index in [2.05, 4.69) is 33.5 Å². The molecule has 1 aromatic carbocycles. The summed E-state index contributed by atoms with van der Waals surface area (Å²) >= 11 is 3.57. The van der Waals surface area contributed by atoms with Crippen LogP contribution in [0.4, 0.5) is 5.69 Å². The quantitative estimate of drug-likeness (QED) is 0.874. The number of anilines is 1. The van der Waals surface area contributed by atoms with Crippen molar-refractivity contribution in [1.82, 2.24) is 5.32 Å². The van der Waals surface area contributed by atoms with Gasteiger partial charge >= 0.3 is 0 Å². The van der Waals surface area contributed by atoms with Crippen LogP contribution in [-0.4, -0.2) is 25.7 Å². The SMILES string of the molecule is COc1ccc(Br)c(NC(C)CC2CCCN2)c1. The van der Waals surface area contributed by atoms with Gasteiger partial charge in [0, 0.05) is 22.6 Å². The van der Waals surface area contributed by atoms with E-state index in [1.54, 1.807) is 7.11 Å². The second kappa shape index (κ2) is 6.43. The van der Waals surface area contributed by atoms with Crippen LogP contribution >= 0.6 is 15.9 Å². The lowest BCUT2D eigenvalue weighted by Gasteiger charge is -2.20. The normalized spacial score (nSPS) is 20.7. The highest BCUT2D eigenvalue weighted by atomic mass is 79.9. The van der Waals surface area contributed by atoms with Crippen molar-refractivity contribution in [3.8, 4) is 5.75 Å². The van der Waals surface area contributed by atoms with Crippen molar-refractivity contribution in [2.75, 3.05) is 19.0 Å². The molecular weight excluding hydrogens is 292 g/mol. The second-order valence-electron chi connectivity index (χ2n) is 4.92. The molecule has 100 valence electrons. The zero-order valence-corrected chi connectivity index (χ0v) is 12.6. The molecular formula is C14H21BrN2O. The Morgan fingerprint density at radius 2 is 2.39 bits per heavy atom. The topological polar surface area (TPSA) is 33.3 Å². The van der Waals surface area contributed by atoms with Crippen molar-refractivity contribution in [2.45, 2.75) is 38.3 Å². The fourth-order valence-corrected chi connectivity index (χ4v) is 2.81. The Labute approximate surface area is 117 Å². The summed E-state index contributed by atoms with van der Waals surface area (Å²) in [5.74, 6) is 0.881. The van der Waals surface area contributed by atoms with Gasteiger partial charge in [-0.05, 0) is 60.8 Å². The van der Waals surface area contributed by atoms with E-state index >= 15 is 0 Å². The number of methoxy groups -OCH3 is 1. The summed E-state index contributed by atoms with van der Waals surface area (Å²) in [5, 5.41) is 7.08. The number of nitrogens with one attached hydrogen (secondary N) is 2. The maximum absolute atomic E-state index is 5.25. The highest BCUT2D eigenvalue weighted by Gasteiger charge is 2.17. The van der Waals surface area contributed by atoms with Crippen molar-refractivity contribution >= 4 is 21.6 Å². The Hall–Kier alpha value is -0.740. The smallest absolute Gasteiger partial charge is 0.121 e. The summed E-state index contributed by atoms with van der Waals surface area (Å²) in [6.07, 6.45) is 3.76. The van der Waals surface area contributed by atoms with Gasteiger partial charge in [-0.3, -0.25) is 0 Å². The molecule has 1 heterocycles. The molecule has 1 aromatic rings. The van der Waals surface area contributed by atoms with Gasteiger partial charge in [0.2, 0.25) is 0 Å². The third-order valence-corrected chi connectivity index (χ3v) is 4.07. The molecule has 0 bridgehead atoms. The van der Waals surface area contributed by atoms with Crippen LogP contribution in [0.1, 0.15) is 26.2 Å². The van der Waals surface area contributed by atoms with Crippen LogP contribution in [0.3, 0.4) is 0 Å². The largest absolute Gasteiger partial charge is 0.497 e. The first-order chi connectivity index (χ1) is 8.69. The Morgan fingerprint density at radius 3 is 3.06 bits per heavy atom. The van der Waals surface area contributed by atoms with E-state index < -0.39 is 0 Å². The lowest BCUT2D eigenvalue weighted by atomic mass is 10.1. The van der Waals surface area contributed by atoms with E-state index in [-0.39, 0.29) is 0 Å². The van der Waals surface area contributed by atoms with Crippen LogP contribution in [0.5, 0.6) is 5.75 Å². The molecule has 1 saturated heterocycles. The average molecular weight is 313 g/mol. The van der Waals surface area contributed by atoms with Gasteiger partial charge in [0.25, 0.3) is 0 Å². The molecule has 2 rings (SSSR count). The van der Waals surface area contributed by atoms with E-state index in [4.69, 9.17) is 4.74 Å². The first kappa shape index (κ1) is 13.7. The van der Waals surface area contributed by atoms with Gasteiger partial charge in [-0.15, -0.1) is 0 Å². The van der Waals surface area contributed by atoms with Crippen molar-refractivity contribution in [2.24, 2.45) is 0 Å². The minimum Gasteiger partial charge on any atom is -0.497 e. The second-order valence-corrected chi connectivity index (χ2v) is 5.77. The van der Waals surface area contributed by atoms with E-state index in [9.17, 15) is 0 Å². The molecule has 1 aliphatic rings. The Morgan fingerprint density at radius 1 is 1.56 bits per heavy atom. The average Bonchev–Trinajstić information content (AvgIpc) is 2.84. The molecule has 4 heteroatoms. The maximum atomic E-state index is 5.25. The number of ether oxygens (including phenoxy) is 1. The van der Waals surface area contributed by atoms with Crippen molar-refractivity contribution in [3.63, 3.8) is 0 Å². The number of benzene rings is 1. The van der Waals surface area contributed by atoms with Gasteiger partial charge in [0.15, 0.2) is 0 Å². The van der Waals surface area contributed by atoms with Gasteiger partial charge in [-0.25, -0.2) is 0 Å². The summed E-state index contributed by atoms with van der Waals surface area (Å²) in [7, 11) is 1.69. The zero-order valence-electron chi connectivity index (χ0n) is 11.0. The zero-order chi connectivity index (χ0) is 13.0. The van der Waals surface area contributed by atoms with Gasteiger partial charge < -0.3 is 15.4 Å². The molecule has 2 unspecified atom stereocenters. The van der Waals surface area contributed by atoms with Crippen LogP contribution < -0.4 is 15.4 Å². The third-order valence-electron chi connectivity index (χ3n) is 3.38. The molecule has 1 aliphatic heterocycles. The predicted molar refractivity (Wildman–Crippen MR) is 79.4 cm³/mol. The number of hydrogen-bond acceptors (Lipinski definition) is 3. The number of hydrogen-bond donors (Lipinski definition) is 2. The highest BCUT2D eigenvalue weighted by molar-refractivity contribution is 9.10. The molecule has 3 nitrogen and oxygen atoms in total. The molecule has 0 radical (unpaired) electrons. The van der Waals surface area contributed by atoms with E-state index in [0.717, 1.165) is 22.3 Å². The minimum absolute atomic E-state index is 0.448. The molecule has 0 aliphatic carbocycles. The molecule has 2 N–H and O–H groups in total. The molecule has 2 atom stereocenters. The van der Waals surface area contributed by atoms with Crippen LogP contribution in [0.15, 0.2) is 22.7 Å². The third kappa shape index (κ3) is 3.62. The molecule has 0 aromatic heterocycles. The Balaban J connectivity index is 1.94. The number of halogens is 1. The Kier molecular flexibility index (Phi) is 4.89. The minimum atomic E-state index is 0.448. The highest BCUT2D eigenvalue weighted by Crippen LogP contribution is 2.28. The van der Waals surface area contributed by atoms with Crippen LogP contribution in [0.2, 0.25) is 0 Å². The summed E-state index contributed by atoms with van der Waals surface area (Å²) in [6.45, 7) is 3.39. The number of rotatable bonds is 5. The van der Waals surface area contributed by atoms with Crippen LogP contribution in [-0.2, 0) is 0 Å². The van der Waals surface area contributed by atoms with Crippen molar-refractivity contribution in [3.05, 3.63) is 22.7 Å². The van der Waals surface area contributed by atoms with E-state index in [1.165, 1.54) is 19.4 Å². The van der Waals surface area contributed by atoms with Gasteiger partial charge in [-0.1, -0.05) is 0 Å². The molecule has 1 fully saturated rings. The van der Waals surface area contributed by atoms with Crippen LogP contribution in [0, 0.1) is 0 Å². The van der Waals surface area contributed by atoms with E-state index in [1.807, 2.05) is 18.2 Å². The standard InChI is InChI=1S/C14H21BrN2O/c1-10(8-11-4-3-7-16-11)17-14-9-12(18-2)5-6-13(14)15/h5-6,9-11,16-17H,3-4,7-8H2,1-2H3. The Bertz CT molecular complexity index is 391. The monoisotopic (exact) mass is 312 g/mol. The first-order valence-electron chi connectivity index (χ1n) is 6.52. The summed E-state index contributed by atoms with van der Waals surface area (Å²) in [6, 6.07) is 7.11. The van der Waals surface area contributed by atoms with Crippen LogP contribution in [0.25, 0.3) is 0 Å². The van der Waals surface area contributed by atoms with Gasteiger partial charge in [0.05, 0.1) is 12.8 Å². The van der Waals surface area contributed by atoms with Gasteiger partial charge in [-0.2, -0.15) is 0 Å². The molecule has 0 amide bonds. The molecule has 0 spiro atoms. The molecule has 0 saturated carbocycles. The van der Waals surface area contributed by atoms with Gasteiger partial charge in [0.1, 0.15) is 5.75 Å². The van der Waals surface area contributed by atoms with Crippen molar-refractivity contribution < 1.29 is 4.74 Å². The fraction of sp³-hybridized carbons (Fsp3) is 0.571. The lowest BCUT2D eigenvalue weighted by Crippen LogP contribution is -2.29. The maximum Gasteiger partial charge on any atom is 0.121 e. The van der Waals surface area contributed by atoms with E-state index in [0.29, 0.717) is 12.1 Å². The first-order valence-corrected chi connectivity index (χ1v) is 7.32. The summed E-state index contributed by atoms with van der Waals surface area (Å²) in [5.41, 5.74) is 1.10. The lowest BCUT2D eigenvalue weighted by molar-refractivity contribution is 0.415. The van der Waals surface area contributed by atoms with Crippen molar-refractivity contribution in [1.29, 1.82) is 0 Å². The predicted octanol–water partition coefficient (Wildman–Crippen LogP) is 3.40. The summed E-state index contributed by atoms with van der Waals surface area (Å²) < 4.78 is 6.33.